The molecule has 23 heavy (non-hydrogen) atoms. The van der Waals surface area contributed by atoms with Gasteiger partial charge in [0, 0.05) is 6.42 Å². The number of hydrogen-bond acceptors (Lipinski definition) is 5. The molecule has 0 aliphatic heterocycles. The zero-order chi connectivity index (χ0) is 16.7. The highest BCUT2D eigenvalue weighted by atomic mass is 32.1. The Labute approximate surface area is 141 Å². The molecule has 0 spiro atoms. The number of aryl methyl sites for hydroxylation is 1. The number of aromatic nitrogens is 3. The van der Waals surface area contributed by atoms with Crippen LogP contribution in [0.2, 0.25) is 0 Å². The predicted octanol–water partition coefficient (Wildman–Crippen LogP) is 3.43. The summed E-state index contributed by atoms with van der Waals surface area (Å²) >= 11 is 5.23. The van der Waals surface area contributed by atoms with Crippen molar-refractivity contribution in [2.75, 3.05) is 18.6 Å². The molecule has 0 amide bonds. The lowest BCUT2D eigenvalue weighted by molar-refractivity contribution is 0.276. The fraction of sp³-hybridized carbons (Fsp3) is 0.500. The molecule has 1 aromatic carbocycles. The molecule has 0 unspecified atom stereocenters. The monoisotopic (exact) mass is 336 g/mol. The smallest absolute Gasteiger partial charge is 0.214 e. The van der Waals surface area contributed by atoms with Crippen molar-refractivity contribution in [2.45, 2.75) is 40.2 Å². The molecule has 1 heterocycles. The number of H-pyrrole nitrogens is 1. The van der Waals surface area contributed by atoms with Crippen LogP contribution >= 0.6 is 12.2 Å². The third-order valence-corrected chi connectivity index (χ3v) is 3.54. The van der Waals surface area contributed by atoms with Gasteiger partial charge in [-0.2, -0.15) is 5.10 Å². The topological polar surface area (TPSA) is 64.1 Å². The standard InChI is InChI=1S/C16H24N4O2S/c1-4-9-22-13-8-7-12(10-14(13)21-6-3)11-17-20-15(5-2)18-19-16(20)23/h7-8,10,17H,4-6,9,11H2,1-3H3,(H,19,23). The summed E-state index contributed by atoms with van der Waals surface area (Å²) in [4.78, 5) is 0. The second kappa shape index (κ2) is 8.57. The summed E-state index contributed by atoms with van der Waals surface area (Å²) in [6.07, 6.45) is 1.77. The average Bonchev–Trinajstić information content (AvgIpc) is 2.92. The van der Waals surface area contributed by atoms with E-state index in [0.29, 0.717) is 24.5 Å². The predicted molar refractivity (Wildman–Crippen MR) is 93.3 cm³/mol. The fourth-order valence-electron chi connectivity index (χ4n) is 2.16. The van der Waals surface area contributed by atoms with Gasteiger partial charge in [-0.25, -0.2) is 4.68 Å². The van der Waals surface area contributed by atoms with E-state index in [0.717, 1.165) is 35.7 Å². The molecular weight excluding hydrogens is 312 g/mol. The van der Waals surface area contributed by atoms with Crippen molar-refractivity contribution in [3.05, 3.63) is 34.4 Å². The maximum Gasteiger partial charge on any atom is 0.214 e. The molecule has 2 rings (SSSR count). The van der Waals surface area contributed by atoms with E-state index in [4.69, 9.17) is 21.7 Å². The first-order chi connectivity index (χ1) is 11.2. The van der Waals surface area contributed by atoms with Crippen LogP contribution in [0.3, 0.4) is 0 Å². The number of hydrogen-bond donors (Lipinski definition) is 2. The molecular formula is C16H24N4O2S. The Bertz CT molecular complexity index is 681. The number of aromatic amines is 1. The first-order valence-corrected chi connectivity index (χ1v) is 8.39. The lowest BCUT2D eigenvalue weighted by atomic mass is 10.2. The molecule has 126 valence electrons. The molecule has 0 fully saturated rings. The molecule has 0 atom stereocenters. The quantitative estimate of drug-likeness (QED) is 0.687. The van der Waals surface area contributed by atoms with Crippen LogP contribution in [0, 0.1) is 4.77 Å². The fourth-order valence-corrected chi connectivity index (χ4v) is 2.38. The second-order valence-corrected chi connectivity index (χ2v) is 5.42. The van der Waals surface area contributed by atoms with Crippen molar-refractivity contribution >= 4 is 12.2 Å². The lowest BCUT2D eigenvalue weighted by Crippen LogP contribution is -2.17. The van der Waals surface area contributed by atoms with Crippen LogP contribution in [-0.4, -0.2) is 28.1 Å². The van der Waals surface area contributed by atoms with Crippen molar-refractivity contribution in [3.8, 4) is 11.5 Å². The Morgan fingerprint density at radius 1 is 1.22 bits per heavy atom. The third kappa shape index (κ3) is 4.48. The van der Waals surface area contributed by atoms with E-state index in [2.05, 4.69) is 22.5 Å². The van der Waals surface area contributed by atoms with Gasteiger partial charge in [-0.15, -0.1) is 0 Å². The molecule has 0 aliphatic rings. The Kier molecular flexibility index (Phi) is 6.46. The SMILES string of the molecule is CCCOc1ccc(CNn2c(CC)n[nH]c2=S)cc1OCC. The molecule has 0 aliphatic carbocycles. The van der Waals surface area contributed by atoms with Crippen molar-refractivity contribution in [3.63, 3.8) is 0 Å². The molecule has 0 bridgehead atoms. The summed E-state index contributed by atoms with van der Waals surface area (Å²) in [7, 11) is 0. The largest absolute Gasteiger partial charge is 0.490 e. The number of benzene rings is 1. The minimum atomic E-state index is 0.565. The summed E-state index contributed by atoms with van der Waals surface area (Å²) < 4.78 is 13.8. The van der Waals surface area contributed by atoms with Gasteiger partial charge in [0.15, 0.2) is 17.3 Å². The highest BCUT2D eigenvalue weighted by molar-refractivity contribution is 7.71. The Morgan fingerprint density at radius 3 is 2.74 bits per heavy atom. The number of ether oxygens (including phenoxy) is 2. The number of nitrogens with zero attached hydrogens (tertiary/aromatic N) is 2. The summed E-state index contributed by atoms with van der Waals surface area (Å²) in [5.41, 5.74) is 4.37. The minimum Gasteiger partial charge on any atom is -0.490 e. The van der Waals surface area contributed by atoms with Gasteiger partial charge < -0.3 is 14.9 Å². The van der Waals surface area contributed by atoms with Crippen LogP contribution in [0.1, 0.15) is 38.6 Å². The minimum absolute atomic E-state index is 0.565. The first kappa shape index (κ1) is 17.3. The van der Waals surface area contributed by atoms with E-state index < -0.39 is 0 Å². The van der Waals surface area contributed by atoms with Crippen LogP contribution in [0.4, 0.5) is 0 Å². The summed E-state index contributed by atoms with van der Waals surface area (Å²) in [6.45, 7) is 7.99. The van der Waals surface area contributed by atoms with E-state index in [9.17, 15) is 0 Å². The molecule has 0 saturated heterocycles. The van der Waals surface area contributed by atoms with Gasteiger partial charge in [-0.05, 0) is 43.3 Å². The molecule has 0 saturated carbocycles. The normalized spacial score (nSPS) is 10.6. The zero-order valence-corrected chi connectivity index (χ0v) is 14.7. The van der Waals surface area contributed by atoms with Crippen LogP contribution < -0.4 is 14.9 Å². The second-order valence-electron chi connectivity index (χ2n) is 5.03. The van der Waals surface area contributed by atoms with Crippen LogP contribution in [-0.2, 0) is 13.0 Å². The van der Waals surface area contributed by atoms with Crippen molar-refractivity contribution < 1.29 is 9.47 Å². The Morgan fingerprint density at radius 2 is 2.04 bits per heavy atom. The van der Waals surface area contributed by atoms with Gasteiger partial charge in [-0.1, -0.05) is 19.9 Å². The average molecular weight is 336 g/mol. The van der Waals surface area contributed by atoms with E-state index in [-0.39, 0.29) is 0 Å². The molecule has 6 nitrogen and oxygen atoms in total. The van der Waals surface area contributed by atoms with Gasteiger partial charge in [0.25, 0.3) is 0 Å². The highest BCUT2D eigenvalue weighted by Gasteiger charge is 2.08. The van der Waals surface area contributed by atoms with Crippen LogP contribution in [0.25, 0.3) is 0 Å². The van der Waals surface area contributed by atoms with E-state index >= 15 is 0 Å². The highest BCUT2D eigenvalue weighted by Crippen LogP contribution is 2.28. The first-order valence-electron chi connectivity index (χ1n) is 7.98. The molecule has 2 N–H and O–H groups in total. The Hall–Kier alpha value is -2.02. The molecule has 7 heteroatoms. The van der Waals surface area contributed by atoms with Gasteiger partial charge in [-0.3, -0.25) is 5.10 Å². The van der Waals surface area contributed by atoms with Gasteiger partial charge in [0.05, 0.1) is 19.8 Å². The van der Waals surface area contributed by atoms with Crippen molar-refractivity contribution in [1.82, 2.24) is 14.9 Å². The van der Waals surface area contributed by atoms with E-state index in [1.54, 1.807) is 4.68 Å². The third-order valence-electron chi connectivity index (χ3n) is 3.27. The van der Waals surface area contributed by atoms with Gasteiger partial charge in [0.2, 0.25) is 4.77 Å². The maximum atomic E-state index is 5.72. The zero-order valence-electron chi connectivity index (χ0n) is 13.9. The molecule has 1 aromatic heterocycles. The number of nitrogens with one attached hydrogen (secondary N) is 2. The maximum absolute atomic E-state index is 5.72. The van der Waals surface area contributed by atoms with Gasteiger partial charge in [0.1, 0.15) is 0 Å². The van der Waals surface area contributed by atoms with E-state index in [1.807, 2.05) is 32.0 Å². The Balaban J connectivity index is 2.12. The van der Waals surface area contributed by atoms with Crippen LogP contribution in [0.15, 0.2) is 18.2 Å². The van der Waals surface area contributed by atoms with Crippen molar-refractivity contribution in [2.24, 2.45) is 0 Å². The van der Waals surface area contributed by atoms with Crippen LogP contribution in [0.5, 0.6) is 11.5 Å². The lowest BCUT2D eigenvalue weighted by Gasteiger charge is -2.14. The molecule has 0 radical (unpaired) electrons. The summed E-state index contributed by atoms with van der Waals surface area (Å²) in [5.74, 6) is 2.43. The molecule has 2 aromatic rings. The number of rotatable bonds is 9. The van der Waals surface area contributed by atoms with Crippen molar-refractivity contribution in [1.29, 1.82) is 0 Å². The summed E-state index contributed by atoms with van der Waals surface area (Å²) in [5, 5.41) is 6.98. The summed E-state index contributed by atoms with van der Waals surface area (Å²) in [6, 6.07) is 5.97. The van der Waals surface area contributed by atoms with Gasteiger partial charge >= 0.3 is 0 Å². The van der Waals surface area contributed by atoms with E-state index in [1.165, 1.54) is 0 Å².